The van der Waals surface area contributed by atoms with E-state index in [1.807, 2.05) is 77.5 Å². The molecule has 0 radical (unpaired) electrons. The number of hydrogen-bond donors (Lipinski definition) is 1. The van der Waals surface area contributed by atoms with Gasteiger partial charge in [-0.3, -0.25) is 4.79 Å². The van der Waals surface area contributed by atoms with Crippen molar-refractivity contribution in [3.63, 3.8) is 0 Å². The molecular weight excluding hydrogens is 384 g/mol. The predicted molar refractivity (Wildman–Crippen MR) is 113 cm³/mol. The molecule has 29 heavy (non-hydrogen) atoms. The Labute approximate surface area is 171 Å². The van der Waals surface area contributed by atoms with Crippen molar-refractivity contribution in [1.82, 2.24) is 15.6 Å². The summed E-state index contributed by atoms with van der Waals surface area (Å²) in [4.78, 5) is 12.3. The maximum Gasteiger partial charge on any atom is 0.248 e. The number of carbonyl (C=O) groups is 1. The molecule has 0 spiro atoms. The second kappa shape index (κ2) is 9.07. The molecule has 1 N–H and O–H groups in total. The lowest BCUT2D eigenvalue weighted by molar-refractivity contribution is -0.121. The fourth-order valence-corrected chi connectivity index (χ4v) is 3.37. The third kappa shape index (κ3) is 4.83. The molecule has 0 saturated carbocycles. The van der Waals surface area contributed by atoms with Crippen LogP contribution in [0.15, 0.2) is 87.0 Å². The van der Waals surface area contributed by atoms with Crippen molar-refractivity contribution in [3.8, 4) is 11.5 Å². The van der Waals surface area contributed by atoms with Crippen LogP contribution in [0.1, 0.15) is 23.4 Å². The van der Waals surface area contributed by atoms with Crippen molar-refractivity contribution in [1.29, 1.82) is 0 Å². The summed E-state index contributed by atoms with van der Waals surface area (Å²) in [6, 6.07) is 21.4. The lowest BCUT2D eigenvalue weighted by Crippen LogP contribution is -2.21. The first-order valence-electron chi connectivity index (χ1n) is 9.12. The zero-order valence-electron chi connectivity index (χ0n) is 15.5. The van der Waals surface area contributed by atoms with Crippen molar-refractivity contribution in [3.05, 3.63) is 94.5 Å². The number of thiophene rings is 1. The molecule has 0 atom stereocenters. The molecule has 7 heteroatoms. The van der Waals surface area contributed by atoms with Crippen LogP contribution in [0.5, 0.6) is 0 Å². The summed E-state index contributed by atoms with van der Waals surface area (Å²) in [6.07, 6.45) is 0.552. The molecule has 0 aliphatic carbocycles. The van der Waals surface area contributed by atoms with E-state index in [9.17, 15) is 4.79 Å². The van der Waals surface area contributed by atoms with Crippen molar-refractivity contribution < 1.29 is 9.21 Å². The van der Waals surface area contributed by atoms with Gasteiger partial charge in [0.2, 0.25) is 17.7 Å². The third-order valence-electron chi connectivity index (χ3n) is 4.19. The van der Waals surface area contributed by atoms with Gasteiger partial charge in [-0.05, 0) is 11.4 Å². The smallest absolute Gasteiger partial charge is 0.248 e. The van der Waals surface area contributed by atoms with Crippen LogP contribution in [0.4, 0.5) is 0 Å². The Morgan fingerprint density at radius 2 is 1.66 bits per heavy atom. The molecule has 0 unspecified atom stereocenters. The Morgan fingerprint density at radius 1 is 0.966 bits per heavy atom. The van der Waals surface area contributed by atoms with Crippen molar-refractivity contribution in [2.24, 2.45) is 5.10 Å². The average Bonchev–Trinajstić information content (AvgIpc) is 3.46. The summed E-state index contributed by atoms with van der Waals surface area (Å²) < 4.78 is 5.61. The molecule has 2 aromatic heterocycles. The highest BCUT2D eigenvalue weighted by Crippen LogP contribution is 2.20. The minimum Gasteiger partial charge on any atom is -0.421 e. The molecule has 0 bridgehead atoms. The molecule has 4 aromatic rings. The SMILES string of the molecule is O=C(CCc1nnc(-c2ccsc2)o1)NN=C(c1ccccc1)c1ccccc1. The fraction of sp³-hybridized carbons (Fsp3) is 0.0909. The van der Waals surface area contributed by atoms with Crippen molar-refractivity contribution in [2.75, 3.05) is 0 Å². The topological polar surface area (TPSA) is 80.4 Å². The highest BCUT2D eigenvalue weighted by Gasteiger charge is 2.12. The quantitative estimate of drug-likeness (QED) is 0.369. The first-order valence-corrected chi connectivity index (χ1v) is 10.1. The van der Waals surface area contributed by atoms with E-state index in [4.69, 9.17) is 4.42 Å². The number of hydrogen-bond acceptors (Lipinski definition) is 6. The lowest BCUT2D eigenvalue weighted by Gasteiger charge is -2.07. The molecule has 0 aliphatic heterocycles. The summed E-state index contributed by atoms with van der Waals surface area (Å²) in [7, 11) is 0. The summed E-state index contributed by atoms with van der Waals surface area (Å²) in [5, 5.41) is 16.3. The van der Waals surface area contributed by atoms with Crippen LogP contribution in [0.25, 0.3) is 11.5 Å². The maximum atomic E-state index is 12.3. The van der Waals surface area contributed by atoms with E-state index in [0.717, 1.165) is 16.7 Å². The van der Waals surface area contributed by atoms with Gasteiger partial charge in [-0.1, -0.05) is 60.7 Å². The summed E-state index contributed by atoms with van der Waals surface area (Å²) in [6.45, 7) is 0. The second-order valence-corrected chi connectivity index (χ2v) is 7.02. The van der Waals surface area contributed by atoms with Gasteiger partial charge < -0.3 is 4.42 Å². The van der Waals surface area contributed by atoms with Crippen LogP contribution in [-0.4, -0.2) is 21.8 Å². The zero-order valence-corrected chi connectivity index (χ0v) is 16.3. The highest BCUT2D eigenvalue weighted by molar-refractivity contribution is 7.08. The molecule has 2 aromatic carbocycles. The van der Waals surface area contributed by atoms with E-state index in [0.29, 0.717) is 23.9 Å². The zero-order chi connectivity index (χ0) is 19.9. The van der Waals surface area contributed by atoms with Crippen LogP contribution >= 0.6 is 11.3 Å². The van der Waals surface area contributed by atoms with Crippen molar-refractivity contribution in [2.45, 2.75) is 12.8 Å². The van der Waals surface area contributed by atoms with Crippen LogP contribution < -0.4 is 5.43 Å². The van der Waals surface area contributed by atoms with Gasteiger partial charge in [-0.15, -0.1) is 10.2 Å². The Balaban J connectivity index is 1.42. The van der Waals surface area contributed by atoms with E-state index in [1.54, 1.807) is 11.3 Å². The molecule has 0 aliphatic rings. The Morgan fingerprint density at radius 3 is 2.28 bits per heavy atom. The number of rotatable bonds is 7. The van der Waals surface area contributed by atoms with Gasteiger partial charge in [0.05, 0.1) is 5.71 Å². The number of nitrogens with one attached hydrogen (secondary N) is 1. The largest absolute Gasteiger partial charge is 0.421 e. The first-order chi connectivity index (χ1) is 14.3. The Kier molecular flexibility index (Phi) is 5.87. The van der Waals surface area contributed by atoms with Gasteiger partial charge in [0.25, 0.3) is 0 Å². The van der Waals surface area contributed by atoms with Gasteiger partial charge in [0, 0.05) is 34.9 Å². The molecule has 0 fully saturated rings. The number of aromatic nitrogens is 2. The Bertz CT molecular complexity index is 1050. The summed E-state index contributed by atoms with van der Waals surface area (Å²) in [5.74, 6) is 0.677. The van der Waals surface area contributed by atoms with E-state index in [2.05, 4.69) is 20.7 Å². The van der Waals surface area contributed by atoms with Crippen LogP contribution in [0.2, 0.25) is 0 Å². The molecular formula is C22H18N4O2S. The molecule has 144 valence electrons. The molecule has 1 amide bonds. The predicted octanol–water partition coefficient (Wildman–Crippen LogP) is 4.30. The van der Waals surface area contributed by atoms with Gasteiger partial charge in [0.15, 0.2) is 0 Å². The van der Waals surface area contributed by atoms with E-state index < -0.39 is 0 Å². The number of carbonyl (C=O) groups excluding carboxylic acids is 1. The number of nitrogens with zero attached hydrogens (tertiary/aromatic N) is 3. The molecule has 6 nitrogen and oxygen atoms in total. The highest BCUT2D eigenvalue weighted by atomic mass is 32.1. The Hall–Kier alpha value is -3.58. The van der Waals surface area contributed by atoms with Gasteiger partial charge >= 0.3 is 0 Å². The summed E-state index contributed by atoms with van der Waals surface area (Å²) >= 11 is 1.56. The van der Waals surface area contributed by atoms with Crippen LogP contribution in [0, 0.1) is 0 Å². The lowest BCUT2D eigenvalue weighted by atomic mass is 10.0. The molecule has 0 saturated heterocycles. The first kappa shape index (κ1) is 18.8. The minimum atomic E-state index is -0.218. The van der Waals surface area contributed by atoms with E-state index in [1.165, 1.54) is 0 Å². The monoisotopic (exact) mass is 402 g/mol. The van der Waals surface area contributed by atoms with Crippen LogP contribution in [0.3, 0.4) is 0 Å². The molecule has 4 rings (SSSR count). The number of hydrazone groups is 1. The minimum absolute atomic E-state index is 0.200. The van der Waals surface area contributed by atoms with Gasteiger partial charge in [-0.25, -0.2) is 5.43 Å². The van der Waals surface area contributed by atoms with Crippen molar-refractivity contribution >= 4 is 23.0 Å². The standard InChI is InChI=1S/C22H18N4O2S/c27-19(11-12-20-24-26-22(28-20)18-13-14-29-15-18)23-25-21(16-7-3-1-4-8-16)17-9-5-2-6-10-17/h1-10,13-15H,11-12H2,(H,23,27). The summed E-state index contributed by atoms with van der Waals surface area (Å²) in [5.41, 5.74) is 6.09. The van der Waals surface area contributed by atoms with Gasteiger partial charge in [0.1, 0.15) is 0 Å². The molecule has 2 heterocycles. The normalized spacial score (nSPS) is 10.5. The number of benzene rings is 2. The van der Waals surface area contributed by atoms with Gasteiger partial charge in [-0.2, -0.15) is 16.4 Å². The number of amides is 1. The third-order valence-corrected chi connectivity index (χ3v) is 4.87. The average molecular weight is 402 g/mol. The maximum absolute atomic E-state index is 12.3. The number of aryl methyl sites for hydroxylation is 1. The van der Waals surface area contributed by atoms with E-state index >= 15 is 0 Å². The second-order valence-electron chi connectivity index (χ2n) is 6.24. The van der Waals surface area contributed by atoms with E-state index in [-0.39, 0.29) is 12.3 Å². The fourth-order valence-electron chi connectivity index (χ4n) is 2.74. The van der Waals surface area contributed by atoms with Crippen LogP contribution in [-0.2, 0) is 11.2 Å².